The molecule has 2 aliphatic rings. The Bertz CT molecular complexity index is 837. The summed E-state index contributed by atoms with van der Waals surface area (Å²) in [5, 5.41) is 8.20. The minimum absolute atomic E-state index is 0.100. The summed E-state index contributed by atoms with van der Waals surface area (Å²) >= 11 is 0. The molecule has 7 nitrogen and oxygen atoms in total. The van der Waals surface area contributed by atoms with Gasteiger partial charge in [-0.05, 0) is 25.8 Å². The zero-order chi connectivity index (χ0) is 17.6. The second-order valence-corrected chi connectivity index (χ2v) is 7.18. The van der Waals surface area contributed by atoms with Crippen LogP contribution in [0.4, 0.5) is 5.69 Å². The molecule has 1 N–H and O–H groups in total. The third-order valence-corrected chi connectivity index (χ3v) is 5.43. The largest absolute Gasteiger partial charge is 0.339 e. The van der Waals surface area contributed by atoms with Crippen molar-refractivity contribution in [3.63, 3.8) is 0 Å². The Labute approximate surface area is 146 Å². The van der Waals surface area contributed by atoms with E-state index in [0.29, 0.717) is 24.7 Å². The van der Waals surface area contributed by atoms with Gasteiger partial charge in [-0.15, -0.1) is 0 Å². The summed E-state index contributed by atoms with van der Waals surface area (Å²) < 4.78 is 1.73. The fourth-order valence-corrected chi connectivity index (χ4v) is 4.10. The molecule has 7 heteroatoms. The maximum absolute atomic E-state index is 12.6. The van der Waals surface area contributed by atoms with Gasteiger partial charge in [-0.2, -0.15) is 5.10 Å². The van der Waals surface area contributed by atoms with Crippen LogP contribution in [0.3, 0.4) is 0 Å². The molecule has 1 saturated heterocycles. The molecule has 2 aromatic heterocycles. The SMILES string of the molecule is Cc1nn(C)c2ncc(NC(=O)C3CC(=O)N(C4CCCC4)C3)cc12. The van der Waals surface area contributed by atoms with Crippen molar-refractivity contribution in [2.24, 2.45) is 13.0 Å². The van der Waals surface area contributed by atoms with Gasteiger partial charge in [0.05, 0.1) is 23.5 Å². The highest BCUT2D eigenvalue weighted by Gasteiger charge is 2.38. The van der Waals surface area contributed by atoms with E-state index >= 15 is 0 Å². The molecule has 0 bridgehead atoms. The van der Waals surface area contributed by atoms with Crippen LogP contribution in [0.2, 0.25) is 0 Å². The maximum atomic E-state index is 12.6. The second kappa shape index (κ2) is 6.13. The number of rotatable bonds is 3. The highest BCUT2D eigenvalue weighted by Crippen LogP contribution is 2.30. The number of hydrogen-bond acceptors (Lipinski definition) is 4. The number of fused-ring (bicyclic) bond motifs is 1. The summed E-state index contributed by atoms with van der Waals surface area (Å²) in [7, 11) is 1.85. The molecule has 0 spiro atoms. The number of carbonyl (C=O) groups excluding carboxylic acids is 2. The van der Waals surface area contributed by atoms with E-state index in [1.54, 1.807) is 10.9 Å². The van der Waals surface area contributed by atoms with Crippen LogP contribution in [0, 0.1) is 12.8 Å². The van der Waals surface area contributed by atoms with Gasteiger partial charge in [-0.25, -0.2) is 4.98 Å². The minimum Gasteiger partial charge on any atom is -0.339 e. The van der Waals surface area contributed by atoms with Gasteiger partial charge in [-0.1, -0.05) is 12.8 Å². The fourth-order valence-electron chi connectivity index (χ4n) is 4.10. The third kappa shape index (κ3) is 2.88. The van der Waals surface area contributed by atoms with E-state index in [1.165, 1.54) is 12.8 Å². The average molecular weight is 341 g/mol. The molecule has 2 aromatic rings. The van der Waals surface area contributed by atoms with Gasteiger partial charge in [0.2, 0.25) is 11.8 Å². The first-order valence-corrected chi connectivity index (χ1v) is 8.92. The van der Waals surface area contributed by atoms with Crippen LogP contribution in [0.25, 0.3) is 11.0 Å². The Hall–Kier alpha value is -2.44. The summed E-state index contributed by atoms with van der Waals surface area (Å²) in [4.78, 5) is 31.2. The zero-order valence-electron chi connectivity index (χ0n) is 14.7. The Morgan fingerprint density at radius 1 is 1.32 bits per heavy atom. The van der Waals surface area contributed by atoms with E-state index in [0.717, 1.165) is 29.6 Å². The normalized spacial score (nSPS) is 21.4. The average Bonchev–Trinajstić information content (AvgIpc) is 3.28. The molecule has 4 rings (SSSR count). The number of aryl methyl sites for hydroxylation is 2. The maximum Gasteiger partial charge on any atom is 0.229 e. The Morgan fingerprint density at radius 3 is 2.84 bits per heavy atom. The van der Waals surface area contributed by atoms with E-state index < -0.39 is 0 Å². The summed E-state index contributed by atoms with van der Waals surface area (Å²) in [6.07, 6.45) is 6.46. The molecule has 1 aliphatic heterocycles. The Kier molecular flexibility index (Phi) is 3.94. The summed E-state index contributed by atoms with van der Waals surface area (Å²) in [5.74, 6) is -0.265. The highest BCUT2D eigenvalue weighted by atomic mass is 16.2. The molecular formula is C18H23N5O2. The molecule has 1 saturated carbocycles. The van der Waals surface area contributed by atoms with Crippen molar-refractivity contribution < 1.29 is 9.59 Å². The predicted octanol–water partition coefficient (Wildman–Crippen LogP) is 2.01. The van der Waals surface area contributed by atoms with E-state index in [4.69, 9.17) is 0 Å². The van der Waals surface area contributed by atoms with Gasteiger partial charge in [0.25, 0.3) is 0 Å². The molecule has 3 heterocycles. The van der Waals surface area contributed by atoms with Gasteiger partial charge in [0, 0.05) is 31.4 Å². The molecule has 132 valence electrons. The molecule has 1 atom stereocenters. The van der Waals surface area contributed by atoms with Gasteiger partial charge < -0.3 is 10.2 Å². The van der Waals surface area contributed by atoms with Crippen LogP contribution in [-0.4, -0.2) is 44.1 Å². The zero-order valence-corrected chi connectivity index (χ0v) is 14.7. The Balaban J connectivity index is 1.47. The molecule has 2 fully saturated rings. The lowest BCUT2D eigenvalue weighted by Crippen LogP contribution is -2.35. The van der Waals surface area contributed by atoms with Crippen molar-refractivity contribution in [2.75, 3.05) is 11.9 Å². The van der Waals surface area contributed by atoms with Crippen LogP contribution < -0.4 is 5.32 Å². The van der Waals surface area contributed by atoms with Crippen LogP contribution >= 0.6 is 0 Å². The van der Waals surface area contributed by atoms with Crippen molar-refractivity contribution in [1.29, 1.82) is 0 Å². The number of pyridine rings is 1. The molecular weight excluding hydrogens is 318 g/mol. The second-order valence-electron chi connectivity index (χ2n) is 7.18. The molecule has 25 heavy (non-hydrogen) atoms. The first-order valence-electron chi connectivity index (χ1n) is 8.92. The quantitative estimate of drug-likeness (QED) is 0.926. The molecule has 1 aliphatic carbocycles. The van der Waals surface area contributed by atoms with E-state index in [2.05, 4.69) is 15.4 Å². The first kappa shape index (κ1) is 16.1. The van der Waals surface area contributed by atoms with Gasteiger partial charge >= 0.3 is 0 Å². The summed E-state index contributed by atoms with van der Waals surface area (Å²) in [5.41, 5.74) is 2.32. The van der Waals surface area contributed by atoms with Gasteiger partial charge in [0.1, 0.15) is 0 Å². The van der Waals surface area contributed by atoms with Crippen LogP contribution in [0.15, 0.2) is 12.3 Å². The fraction of sp³-hybridized carbons (Fsp3) is 0.556. The van der Waals surface area contributed by atoms with Crippen LogP contribution in [-0.2, 0) is 16.6 Å². The lowest BCUT2D eigenvalue weighted by atomic mass is 10.1. The van der Waals surface area contributed by atoms with Crippen molar-refractivity contribution in [2.45, 2.75) is 45.1 Å². The van der Waals surface area contributed by atoms with Crippen LogP contribution in [0.1, 0.15) is 37.8 Å². The number of hydrogen-bond donors (Lipinski definition) is 1. The molecule has 1 unspecified atom stereocenters. The number of likely N-dealkylation sites (tertiary alicyclic amines) is 1. The lowest BCUT2D eigenvalue weighted by Gasteiger charge is -2.23. The standard InChI is InChI=1S/C18H23N5O2/c1-11-15-8-13(9-19-17(15)22(2)21-11)20-18(25)12-7-16(24)23(10-12)14-5-3-4-6-14/h8-9,12,14H,3-7,10H2,1-2H3,(H,20,25). The summed E-state index contributed by atoms with van der Waals surface area (Å²) in [6, 6.07) is 2.23. The molecule has 0 aromatic carbocycles. The van der Waals surface area contributed by atoms with Crippen molar-refractivity contribution in [1.82, 2.24) is 19.7 Å². The Morgan fingerprint density at radius 2 is 2.08 bits per heavy atom. The van der Waals surface area contributed by atoms with Crippen molar-refractivity contribution in [3.05, 3.63) is 18.0 Å². The first-order chi connectivity index (χ1) is 12.0. The lowest BCUT2D eigenvalue weighted by molar-refractivity contribution is -0.129. The van der Waals surface area contributed by atoms with Crippen LogP contribution in [0.5, 0.6) is 0 Å². The topological polar surface area (TPSA) is 80.1 Å². The van der Waals surface area contributed by atoms with Crippen molar-refractivity contribution in [3.8, 4) is 0 Å². The van der Waals surface area contributed by atoms with Gasteiger partial charge in [0.15, 0.2) is 5.65 Å². The highest BCUT2D eigenvalue weighted by molar-refractivity contribution is 5.98. The number of aromatic nitrogens is 3. The molecule has 2 amide bonds. The monoisotopic (exact) mass is 341 g/mol. The van der Waals surface area contributed by atoms with E-state index in [9.17, 15) is 9.59 Å². The molecule has 0 radical (unpaired) electrons. The van der Waals surface area contributed by atoms with E-state index in [1.807, 2.05) is 24.9 Å². The van der Waals surface area contributed by atoms with Gasteiger partial charge in [-0.3, -0.25) is 14.3 Å². The summed E-state index contributed by atoms with van der Waals surface area (Å²) in [6.45, 7) is 2.46. The van der Waals surface area contributed by atoms with E-state index in [-0.39, 0.29) is 17.7 Å². The van der Waals surface area contributed by atoms with Crippen molar-refractivity contribution >= 4 is 28.5 Å². The number of amides is 2. The number of anilines is 1. The minimum atomic E-state index is -0.279. The third-order valence-electron chi connectivity index (χ3n) is 5.43. The number of nitrogens with one attached hydrogen (secondary N) is 1. The number of nitrogens with zero attached hydrogens (tertiary/aromatic N) is 4. The number of carbonyl (C=O) groups is 2. The smallest absolute Gasteiger partial charge is 0.229 e. The predicted molar refractivity (Wildman–Crippen MR) is 94.0 cm³/mol.